The van der Waals surface area contributed by atoms with E-state index in [9.17, 15) is 0 Å². The van der Waals surface area contributed by atoms with Crippen molar-refractivity contribution in [3.63, 3.8) is 0 Å². The molecule has 1 aromatic carbocycles. The van der Waals surface area contributed by atoms with Crippen LogP contribution in [0.4, 0.5) is 0 Å². The van der Waals surface area contributed by atoms with E-state index in [-0.39, 0.29) is 6.04 Å². The molecule has 0 aliphatic rings. The fraction of sp³-hybridized carbons (Fsp3) is 0.500. The minimum Gasteiger partial charge on any atom is -0.493 e. The van der Waals surface area contributed by atoms with E-state index in [1.54, 1.807) is 0 Å². The van der Waals surface area contributed by atoms with Gasteiger partial charge in [-0.3, -0.25) is 5.32 Å². The van der Waals surface area contributed by atoms with Crippen LogP contribution in [0.15, 0.2) is 24.3 Å². The molecular formula is C14H20N2O. The molecule has 1 unspecified atom stereocenters. The second-order valence-electron chi connectivity index (χ2n) is 4.46. The summed E-state index contributed by atoms with van der Waals surface area (Å²) in [6.45, 7) is 6.66. The quantitative estimate of drug-likeness (QED) is 0.820. The Balaban J connectivity index is 2.34. The fourth-order valence-electron chi connectivity index (χ4n) is 1.59. The van der Waals surface area contributed by atoms with Crippen LogP contribution >= 0.6 is 0 Å². The van der Waals surface area contributed by atoms with Crippen molar-refractivity contribution >= 4 is 0 Å². The Morgan fingerprint density at radius 3 is 2.76 bits per heavy atom. The molecule has 0 aromatic heterocycles. The predicted molar refractivity (Wildman–Crippen MR) is 69.0 cm³/mol. The van der Waals surface area contributed by atoms with E-state index in [1.165, 1.54) is 5.56 Å². The zero-order valence-corrected chi connectivity index (χ0v) is 10.7. The van der Waals surface area contributed by atoms with Gasteiger partial charge in [-0.05, 0) is 38.5 Å². The third kappa shape index (κ3) is 5.37. The summed E-state index contributed by atoms with van der Waals surface area (Å²) in [7, 11) is 0. The zero-order chi connectivity index (χ0) is 12.7. The molecule has 17 heavy (non-hydrogen) atoms. The average molecular weight is 232 g/mol. The molecule has 92 valence electrons. The number of rotatable bonds is 6. The summed E-state index contributed by atoms with van der Waals surface area (Å²) in [6, 6.07) is 10.4. The SMILES string of the molecule is Cc1cccc(OCCC(C#N)NC(C)C)c1. The standard InChI is InChI=1S/C14H20N2O/c1-11(2)16-13(10-15)7-8-17-14-6-4-5-12(3)9-14/h4-6,9,11,13,16H,7-8H2,1-3H3. The number of nitriles is 1. The maximum atomic E-state index is 8.95. The summed E-state index contributed by atoms with van der Waals surface area (Å²) in [6.07, 6.45) is 0.697. The molecule has 3 heteroatoms. The van der Waals surface area contributed by atoms with Crippen molar-refractivity contribution in [1.29, 1.82) is 5.26 Å². The average Bonchev–Trinajstić information content (AvgIpc) is 2.27. The maximum Gasteiger partial charge on any atom is 0.119 e. The Labute approximate surface area is 103 Å². The lowest BCUT2D eigenvalue weighted by molar-refractivity contribution is 0.294. The molecule has 0 spiro atoms. The summed E-state index contributed by atoms with van der Waals surface area (Å²) in [5.41, 5.74) is 1.18. The van der Waals surface area contributed by atoms with Crippen LogP contribution in [0, 0.1) is 18.3 Å². The molecule has 1 rings (SSSR count). The first kappa shape index (κ1) is 13.5. The molecule has 0 heterocycles. The summed E-state index contributed by atoms with van der Waals surface area (Å²) in [5, 5.41) is 12.1. The lowest BCUT2D eigenvalue weighted by atomic mass is 10.2. The second-order valence-corrected chi connectivity index (χ2v) is 4.46. The van der Waals surface area contributed by atoms with E-state index in [2.05, 4.69) is 11.4 Å². The lowest BCUT2D eigenvalue weighted by Crippen LogP contribution is -2.34. The summed E-state index contributed by atoms with van der Waals surface area (Å²) in [4.78, 5) is 0. The minimum absolute atomic E-state index is 0.139. The Bertz CT molecular complexity index is 382. The molecule has 0 radical (unpaired) electrons. The Hall–Kier alpha value is -1.53. The molecule has 0 aliphatic carbocycles. The van der Waals surface area contributed by atoms with Crippen LogP contribution < -0.4 is 10.1 Å². The first-order valence-corrected chi connectivity index (χ1v) is 5.97. The predicted octanol–water partition coefficient (Wildman–Crippen LogP) is 2.65. The molecule has 1 atom stereocenters. The molecule has 1 N–H and O–H groups in total. The number of benzene rings is 1. The number of hydrogen-bond acceptors (Lipinski definition) is 3. The first-order valence-electron chi connectivity index (χ1n) is 5.97. The molecular weight excluding hydrogens is 212 g/mol. The van der Waals surface area contributed by atoms with Gasteiger partial charge in [-0.15, -0.1) is 0 Å². The molecule has 0 amide bonds. The van der Waals surface area contributed by atoms with E-state index in [0.29, 0.717) is 19.1 Å². The fourth-order valence-corrected chi connectivity index (χ4v) is 1.59. The summed E-state index contributed by atoms with van der Waals surface area (Å²) >= 11 is 0. The van der Waals surface area contributed by atoms with Crippen molar-refractivity contribution in [2.75, 3.05) is 6.61 Å². The third-order valence-corrected chi connectivity index (χ3v) is 2.36. The van der Waals surface area contributed by atoms with Gasteiger partial charge in [0.2, 0.25) is 0 Å². The lowest BCUT2D eigenvalue weighted by Gasteiger charge is -2.14. The molecule has 1 aromatic rings. The van der Waals surface area contributed by atoms with Gasteiger partial charge in [0.15, 0.2) is 0 Å². The smallest absolute Gasteiger partial charge is 0.119 e. The molecule has 0 aliphatic heterocycles. The summed E-state index contributed by atoms with van der Waals surface area (Å²) in [5.74, 6) is 0.867. The third-order valence-electron chi connectivity index (χ3n) is 2.36. The van der Waals surface area contributed by atoms with Crippen LogP contribution in [0.25, 0.3) is 0 Å². The highest BCUT2D eigenvalue weighted by Gasteiger charge is 2.08. The van der Waals surface area contributed by atoms with Crippen LogP contribution in [0.3, 0.4) is 0 Å². The second kappa shape index (κ2) is 6.93. The van der Waals surface area contributed by atoms with E-state index >= 15 is 0 Å². The van der Waals surface area contributed by atoms with Crippen LogP contribution in [0.2, 0.25) is 0 Å². The van der Waals surface area contributed by atoms with Gasteiger partial charge in [-0.1, -0.05) is 12.1 Å². The Kier molecular flexibility index (Phi) is 5.51. The highest BCUT2D eigenvalue weighted by molar-refractivity contribution is 5.27. The Morgan fingerprint density at radius 2 is 2.18 bits per heavy atom. The van der Waals surface area contributed by atoms with Gasteiger partial charge in [0.05, 0.1) is 18.7 Å². The maximum absolute atomic E-state index is 8.95. The van der Waals surface area contributed by atoms with Gasteiger partial charge in [-0.25, -0.2) is 0 Å². The van der Waals surface area contributed by atoms with Gasteiger partial charge in [0.25, 0.3) is 0 Å². The largest absolute Gasteiger partial charge is 0.493 e. The normalized spacial score (nSPS) is 12.2. The van der Waals surface area contributed by atoms with Crippen molar-refractivity contribution in [1.82, 2.24) is 5.32 Å². The minimum atomic E-state index is -0.139. The first-order chi connectivity index (χ1) is 8.11. The van der Waals surface area contributed by atoms with Gasteiger partial charge >= 0.3 is 0 Å². The molecule has 0 fully saturated rings. The van der Waals surface area contributed by atoms with Gasteiger partial charge in [-0.2, -0.15) is 5.26 Å². The van der Waals surface area contributed by atoms with E-state index in [4.69, 9.17) is 10.00 Å². The molecule has 3 nitrogen and oxygen atoms in total. The van der Waals surface area contributed by atoms with Gasteiger partial charge in [0, 0.05) is 12.5 Å². The number of ether oxygens (including phenoxy) is 1. The number of aryl methyl sites for hydroxylation is 1. The van der Waals surface area contributed by atoms with Crippen molar-refractivity contribution in [2.24, 2.45) is 0 Å². The van der Waals surface area contributed by atoms with E-state index in [1.807, 2.05) is 45.0 Å². The highest BCUT2D eigenvalue weighted by atomic mass is 16.5. The highest BCUT2D eigenvalue weighted by Crippen LogP contribution is 2.12. The number of hydrogen-bond donors (Lipinski definition) is 1. The number of nitrogens with one attached hydrogen (secondary N) is 1. The number of nitrogens with zero attached hydrogens (tertiary/aromatic N) is 1. The van der Waals surface area contributed by atoms with Gasteiger partial charge in [0.1, 0.15) is 5.75 Å². The molecule has 0 saturated heterocycles. The molecule has 0 bridgehead atoms. The van der Waals surface area contributed by atoms with Crippen molar-refractivity contribution in [2.45, 2.75) is 39.3 Å². The van der Waals surface area contributed by atoms with Crippen molar-refractivity contribution in [3.8, 4) is 11.8 Å². The zero-order valence-electron chi connectivity index (χ0n) is 10.7. The van der Waals surface area contributed by atoms with E-state index in [0.717, 1.165) is 5.75 Å². The molecule has 0 saturated carbocycles. The monoisotopic (exact) mass is 232 g/mol. The summed E-state index contributed by atoms with van der Waals surface area (Å²) < 4.78 is 5.61. The topological polar surface area (TPSA) is 45.0 Å². The van der Waals surface area contributed by atoms with Crippen LogP contribution in [0.5, 0.6) is 5.75 Å². The van der Waals surface area contributed by atoms with Crippen LogP contribution in [-0.4, -0.2) is 18.7 Å². The van der Waals surface area contributed by atoms with Crippen LogP contribution in [0.1, 0.15) is 25.8 Å². The van der Waals surface area contributed by atoms with E-state index < -0.39 is 0 Å². The van der Waals surface area contributed by atoms with Crippen molar-refractivity contribution < 1.29 is 4.74 Å². The van der Waals surface area contributed by atoms with Gasteiger partial charge < -0.3 is 4.74 Å². The van der Waals surface area contributed by atoms with Crippen molar-refractivity contribution in [3.05, 3.63) is 29.8 Å². The van der Waals surface area contributed by atoms with Crippen LogP contribution in [-0.2, 0) is 0 Å². The Morgan fingerprint density at radius 1 is 1.41 bits per heavy atom.